The average molecular weight is 291 g/mol. The van der Waals surface area contributed by atoms with Crippen LogP contribution in [0.5, 0.6) is 0 Å². The molecule has 0 radical (unpaired) electrons. The number of benzene rings is 1. The zero-order valence-corrected chi connectivity index (χ0v) is 11.8. The fourth-order valence-electron chi connectivity index (χ4n) is 1.50. The third-order valence-electron chi connectivity index (χ3n) is 2.43. The number of likely N-dealkylation sites (N-methyl/N-ethyl adjacent to an activating group) is 1. The van der Waals surface area contributed by atoms with Crippen LogP contribution in [0.4, 0.5) is 0 Å². The minimum Gasteiger partial charge on any atom is -0.480 e. The smallest absolute Gasteiger partial charge is 0.325 e. The maximum atomic E-state index is 11.2. The van der Waals surface area contributed by atoms with Gasteiger partial charge in [0.05, 0.1) is 0 Å². The third kappa shape index (κ3) is 4.46. The molecule has 100 valence electrons. The lowest BCUT2D eigenvalue weighted by atomic mass is 10.1. The van der Waals surface area contributed by atoms with Crippen LogP contribution in [-0.4, -0.2) is 43.2 Å². The van der Waals surface area contributed by atoms with E-state index in [1.807, 2.05) is 19.0 Å². The van der Waals surface area contributed by atoms with E-state index in [-0.39, 0.29) is 0 Å². The van der Waals surface area contributed by atoms with E-state index in [4.69, 9.17) is 23.2 Å². The van der Waals surface area contributed by atoms with Gasteiger partial charge in [0.15, 0.2) is 0 Å². The second-order valence-electron chi connectivity index (χ2n) is 4.19. The molecule has 4 nitrogen and oxygen atoms in total. The summed E-state index contributed by atoms with van der Waals surface area (Å²) in [6.07, 6.45) is 0. The number of carboxylic acid groups (broad SMARTS) is 1. The van der Waals surface area contributed by atoms with E-state index in [0.29, 0.717) is 22.2 Å². The molecule has 6 heteroatoms. The Balaban J connectivity index is 2.81. The summed E-state index contributed by atoms with van der Waals surface area (Å²) < 4.78 is 0. The Morgan fingerprint density at radius 3 is 2.61 bits per heavy atom. The molecule has 2 N–H and O–H groups in total. The number of hydrogen-bond donors (Lipinski definition) is 2. The van der Waals surface area contributed by atoms with Crippen LogP contribution >= 0.6 is 23.2 Å². The topological polar surface area (TPSA) is 52.6 Å². The molecule has 0 heterocycles. The standard InChI is InChI=1S/C12H16Cl2N2O2/c1-16(2)6-5-15-11(12(17)18)9-4-3-8(13)7-10(9)14/h3-4,7,11,15H,5-6H2,1-2H3,(H,17,18). The first-order valence-corrected chi connectivity index (χ1v) is 6.23. The van der Waals surface area contributed by atoms with Crippen LogP contribution in [0.15, 0.2) is 18.2 Å². The predicted molar refractivity (Wildman–Crippen MR) is 73.4 cm³/mol. The minimum absolute atomic E-state index is 0.354. The number of nitrogens with one attached hydrogen (secondary N) is 1. The van der Waals surface area contributed by atoms with Gasteiger partial charge in [-0.1, -0.05) is 29.3 Å². The summed E-state index contributed by atoms with van der Waals surface area (Å²) >= 11 is 11.8. The van der Waals surface area contributed by atoms with Crippen LogP contribution < -0.4 is 5.32 Å². The Morgan fingerprint density at radius 2 is 2.11 bits per heavy atom. The maximum absolute atomic E-state index is 11.2. The summed E-state index contributed by atoms with van der Waals surface area (Å²) in [6, 6.07) is 3.98. The molecule has 0 amide bonds. The first-order valence-electron chi connectivity index (χ1n) is 5.47. The van der Waals surface area contributed by atoms with Crippen molar-refractivity contribution in [1.29, 1.82) is 0 Å². The number of carboxylic acids is 1. The van der Waals surface area contributed by atoms with Gasteiger partial charge in [-0.15, -0.1) is 0 Å². The van der Waals surface area contributed by atoms with Crippen LogP contribution in [0.3, 0.4) is 0 Å². The van der Waals surface area contributed by atoms with Crippen molar-refractivity contribution in [1.82, 2.24) is 10.2 Å². The van der Waals surface area contributed by atoms with Crippen LogP contribution in [0, 0.1) is 0 Å². The molecule has 1 unspecified atom stereocenters. The Bertz CT molecular complexity index is 425. The van der Waals surface area contributed by atoms with Crippen LogP contribution in [-0.2, 0) is 4.79 Å². The molecule has 1 aromatic carbocycles. The van der Waals surface area contributed by atoms with Gasteiger partial charge in [0, 0.05) is 23.1 Å². The van der Waals surface area contributed by atoms with E-state index in [1.165, 1.54) is 0 Å². The average Bonchev–Trinajstić information content (AvgIpc) is 2.25. The molecule has 0 aromatic heterocycles. The van der Waals surface area contributed by atoms with Crippen LogP contribution in [0.2, 0.25) is 10.0 Å². The lowest BCUT2D eigenvalue weighted by Crippen LogP contribution is -2.34. The van der Waals surface area contributed by atoms with Gasteiger partial charge >= 0.3 is 5.97 Å². The highest BCUT2D eigenvalue weighted by molar-refractivity contribution is 6.35. The molecule has 1 aromatic rings. The Hall–Kier alpha value is -0.810. The fraction of sp³-hybridized carbons (Fsp3) is 0.417. The van der Waals surface area contributed by atoms with Crippen LogP contribution in [0.1, 0.15) is 11.6 Å². The number of nitrogens with zero attached hydrogens (tertiary/aromatic N) is 1. The van der Waals surface area contributed by atoms with Gasteiger partial charge in [0.25, 0.3) is 0 Å². The number of hydrogen-bond acceptors (Lipinski definition) is 3. The Morgan fingerprint density at radius 1 is 1.44 bits per heavy atom. The number of halogens is 2. The monoisotopic (exact) mass is 290 g/mol. The van der Waals surface area contributed by atoms with Gasteiger partial charge in [0.1, 0.15) is 6.04 Å². The van der Waals surface area contributed by atoms with Gasteiger partial charge in [-0.05, 0) is 31.8 Å². The van der Waals surface area contributed by atoms with Crippen molar-refractivity contribution in [2.45, 2.75) is 6.04 Å². The van der Waals surface area contributed by atoms with Crippen molar-refractivity contribution in [2.75, 3.05) is 27.2 Å². The molecular weight excluding hydrogens is 275 g/mol. The molecule has 0 saturated heterocycles. The first kappa shape index (κ1) is 15.2. The van der Waals surface area contributed by atoms with E-state index in [2.05, 4.69) is 5.32 Å². The van der Waals surface area contributed by atoms with Crippen molar-refractivity contribution in [3.05, 3.63) is 33.8 Å². The third-order valence-corrected chi connectivity index (χ3v) is 2.99. The van der Waals surface area contributed by atoms with Crippen LogP contribution in [0.25, 0.3) is 0 Å². The van der Waals surface area contributed by atoms with Gasteiger partial charge in [0.2, 0.25) is 0 Å². The molecule has 1 atom stereocenters. The van der Waals surface area contributed by atoms with E-state index in [0.717, 1.165) is 6.54 Å². The summed E-state index contributed by atoms with van der Waals surface area (Å²) in [6.45, 7) is 1.30. The quantitative estimate of drug-likeness (QED) is 0.844. The summed E-state index contributed by atoms with van der Waals surface area (Å²) in [7, 11) is 3.85. The Labute approximate surface area is 116 Å². The normalized spacial score (nSPS) is 12.7. The summed E-state index contributed by atoms with van der Waals surface area (Å²) in [5.74, 6) is -0.960. The lowest BCUT2D eigenvalue weighted by molar-refractivity contribution is -0.139. The molecule has 0 fully saturated rings. The molecule has 0 spiro atoms. The van der Waals surface area contributed by atoms with E-state index < -0.39 is 12.0 Å². The molecular formula is C12H16Cl2N2O2. The lowest BCUT2D eigenvalue weighted by Gasteiger charge is -2.18. The van der Waals surface area contributed by atoms with Crippen molar-refractivity contribution in [3.63, 3.8) is 0 Å². The molecule has 0 saturated carbocycles. The van der Waals surface area contributed by atoms with Crippen molar-refractivity contribution in [3.8, 4) is 0 Å². The second kappa shape index (κ2) is 6.95. The molecule has 18 heavy (non-hydrogen) atoms. The fourth-order valence-corrected chi connectivity index (χ4v) is 2.02. The maximum Gasteiger partial charge on any atom is 0.325 e. The van der Waals surface area contributed by atoms with Gasteiger partial charge in [-0.3, -0.25) is 10.1 Å². The summed E-state index contributed by atoms with van der Waals surface area (Å²) in [4.78, 5) is 13.2. The zero-order chi connectivity index (χ0) is 13.7. The molecule has 0 aliphatic carbocycles. The zero-order valence-electron chi connectivity index (χ0n) is 10.3. The minimum atomic E-state index is -0.960. The molecule has 0 bridgehead atoms. The summed E-state index contributed by atoms with van der Waals surface area (Å²) in [5.41, 5.74) is 0.521. The number of aliphatic carboxylic acids is 1. The summed E-state index contributed by atoms with van der Waals surface area (Å²) in [5, 5.41) is 13.0. The van der Waals surface area contributed by atoms with Gasteiger partial charge < -0.3 is 10.0 Å². The van der Waals surface area contributed by atoms with E-state index in [1.54, 1.807) is 18.2 Å². The Kier molecular flexibility index (Phi) is 5.88. The van der Waals surface area contributed by atoms with Crippen molar-refractivity contribution < 1.29 is 9.90 Å². The second-order valence-corrected chi connectivity index (χ2v) is 5.04. The SMILES string of the molecule is CN(C)CCNC(C(=O)O)c1ccc(Cl)cc1Cl. The number of carbonyl (C=O) groups is 1. The van der Waals surface area contributed by atoms with Gasteiger partial charge in [-0.25, -0.2) is 0 Å². The number of rotatable bonds is 6. The highest BCUT2D eigenvalue weighted by atomic mass is 35.5. The van der Waals surface area contributed by atoms with E-state index in [9.17, 15) is 9.90 Å². The highest BCUT2D eigenvalue weighted by Crippen LogP contribution is 2.26. The van der Waals surface area contributed by atoms with E-state index >= 15 is 0 Å². The first-order chi connectivity index (χ1) is 8.41. The highest BCUT2D eigenvalue weighted by Gasteiger charge is 2.21. The molecule has 1 rings (SSSR count). The largest absolute Gasteiger partial charge is 0.480 e. The molecule has 0 aliphatic rings. The molecule has 0 aliphatic heterocycles. The van der Waals surface area contributed by atoms with Gasteiger partial charge in [-0.2, -0.15) is 0 Å². The van der Waals surface area contributed by atoms with Crippen molar-refractivity contribution in [2.24, 2.45) is 0 Å². The van der Waals surface area contributed by atoms with Crippen molar-refractivity contribution >= 4 is 29.2 Å². The predicted octanol–water partition coefficient (Wildman–Crippen LogP) is 2.27.